The Morgan fingerprint density at radius 3 is 2.48 bits per heavy atom. The number of amides is 2. The molecule has 0 fully saturated rings. The van der Waals surface area contributed by atoms with E-state index in [4.69, 9.17) is 0 Å². The second-order valence-electron chi connectivity index (χ2n) is 7.69. The number of carbonyl (C=O) groups excluding carboxylic acids is 2. The largest absolute Gasteiger partial charge is 0.416 e. The summed E-state index contributed by atoms with van der Waals surface area (Å²) in [6.07, 6.45) is -4.01. The first-order chi connectivity index (χ1) is 15.6. The van der Waals surface area contributed by atoms with Crippen LogP contribution in [0.2, 0.25) is 0 Å². The molecular weight excluding hydrogens is 453 g/mol. The molecule has 0 aliphatic heterocycles. The monoisotopic (exact) mass is 476 g/mol. The average molecular weight is 477 g/mol. The van der Waals surface area contributed by atoms with E-state index in [1.807, 2.05) is 38.1 Å². The van der Waals surface area contributed by atoms with Gasteiger partial charge in [0.25, 0.3) is 5.91 Å². The maximum Gasteiger partial charge on any atom is 0.416 e. The third-order valence-corrected chi connectivity index (χ3v) is 6.04. The van der Waals surface area contributed by atoms with E-state index in [9.17, 15) is 22.8 Å². The van der Waals surface area contributed by atoms with Crippen molar-refractivity contribution in [1.29, 1.82) is 0 Å². The van der Waals surface area contributed by atoms with Crippen molar-refractivity contribution in [1.82, 2.24) is 15.5 Å². The molecule has 10 heteroatoms. The molecule has 1 aromatic heterocycles. The number of hydrogen-bond donors (Lipinski definition) is 2. The van der Waals surface area contributed by atoms with Crippen molar-refractivity contribution in [2.45, 2.75) is 39.4 Å². The summed E-state index contributed by atoms with van der Waals surface area (Å²) in [5.41, 5.74) is 0.813. The van der Waals surface area contributed by atoms with Gasteiger partial charge in [0, 0.05) is 11.1 Å². The number of aromatic nitrogens is 2. The van der Waals surface area contributed by atoms with Crippen LogP contribution < -0.4 is 10.6 Å². The van der Waals surface area contributed by atoms with Crippen molar-refractivity contribution in [3.8, 4) is 10.6 Å². The summed E-state index contributed by atoms with van der Waals surface area (Å²) in [7, 11) is 0. The van der Waals surface area contributed by atoms with Crippen molar-refractivity contribution < 1.29 is 22.8 Å². The highest BCUT2D eigenvalue weighted by Gasteiger charge is 2.32. The molecule has 3 aromatic rings. The minimum Gasteiger partial charge on any atom is -0.340 e. The number of anilines is 1. The number of nitrogens with zero attached hydrogens (tertiary/aromatic N) is 2. The van der Waals surface area contributed by atoms with Crippen LogP contribution >= 0.6 is 11.3 Å². The third kappa shape index (κ3) is 6.16. The van der Waals surface area contributed by atoms with Crippen LogP contribution in [0.5, 0.6) is 0 Å². The molecule has 174 valence electrons. The Kier molecular flexibility index (Phi) is 7.47. The lowest BCUT2D eigenvalue weighted by Gasteiger charge is -2.23. The van der Waals surface area contributed by atoms with Crippen LogP contribution in [0.4, 0.5) is 18.3 Å². The predicted molar refractivity (Wildman–Crippen MR) is 121 cm³/mol. The fraction of sp³-hybridized carbons (Fsp3) is 0.304. The summed E-state index contributed by atoms with van der Waals surface area (Å²) in [5, 5.41) is 14.2. The van der Waals surface area contributed by atoms with Gasteiger partial charge in [0.2, 0.25) is 11.0 Å². The first-order valence-corrected chi connectivity index (χ1v) is 11.1. The average Bonchev–Trinajstić information content (AvgIpc) is 3.24. The molecule has 0 radical (unpaired) electrons. The molecule has 3 rings (SSSR count). The maximum atomic E-state index is 13.0. The molecule has 0 aliphatic rings. The summed E-state index contributed by atoms with van der Waals surface area (Å²) in [4.78, 5) is 25.6. The number of benzene rings is 2. The number of alkyl halides is 3. The zero-order valence-electron chi connectivity index (χ0n) is 18.2. The van der Waals surface area contributed by atoms with Gasteiger partial charge >= 0.3 is 6.18 Å². The van der Waals surface area contributed by atoms with Crippen molar-refractivity contribution >= 4 is 28.3 Å². The molecule has 2 unspecified atom stereocenters. The van der Waals surface area contributed by atoms with Crippen molar-refractivity contribution in [2.75, 3.05) is 5.32 Å². The number of aryl methyl sites for hydroxylation is 1. The van der Waals surface area contributed by atoms with E-state index in [0.717, 1.165) is 29.3 Å². The lowest BCUT2D eigenvalue weighted by molar-refractivity contribution is -0.137. The third-order valence-electron chi connectivity index (χ3n) is 5.15. The Balaban J connectivity index is 1.75. The Morgan fingerprint density at radius 1 is 1.09 bits per heavy atom. The molecule has 33 heavy (non-hydrogen) atoms. The SMILES string of the molecule is CCC(C)C(NC(=O)c1cccc(C(F)(F)F)c1)C(=O)Nc1nnc(-c2cccc(C)c2)s1. The van der Waals surface area contributed by atoms with Crippen LogP contribution in [0.25, 0.3) is 10.6 Å². The summed E-state index contributed by atoms with van der Waals surface area (Å²) in [6, 6.07) is 10.8. The van der Waals surface area contributed by atoms with Crippen LogP contribution in [0, 0.1) is 12.8 Å². The number of hydrogen-bond acceptors (Lipinski definition) is 5. The van der Waals surface area contributed by atoms with E-state index in [1.165, 1.54) is 17.4 Å². The highest BCUT2D eigenvalue weighted by atomic mass is 32.1. The predicted octanol–water partition coefficient (Wildman–Crippen LogP) is 5.32. The summed E-state index contributed by atoms with van der Waals surface area (Å²) < 4.78 is 39.0. The van der Waals surface area contributed by atoms with E-state index >= 15 is 0 Å². The number of carbonyl (C=O) groups is 2. The highest BCUT2D eigenvalue weighted by Crippen LogP contribution is 2.30. The molecule has 2 aromatic carbocycles. The minimum absolute atomic E-state index is 0.177. The Bertz CT molecular complexity index is 1150. The minimum atomic E-state index is -4.57. The Morgan fingerprint density at radius 2 is 1.82 bits per heavy atom. The van der Waals surface area contributed by atoms with Gasteiger partial charge in [-0.05, 0) is 37.1 Å². The van der Waals surface area contributed by atoms with Gasteiger partial charge < -0.3 is 5.32 Å². The topological polar surface area (TPSA) is 84.0 Å². The molecule has 0 saturated heterocycles. The van der Waals surface area contributed by atoms with Crippen LogP contribution in [0.1, 0.15) is 41.8 Å². The molecule has 2 atom stereocenters. The molecule has 0 bridgehead atoms. The van der Waals surface area contributed by atoms with E-state index in [2.05, 4.69) is 20.8 Å². The normalized spacial score (nSPS) is 13.3. The lowest BCUT2D eigenvalue weighted by atomic mass is 9.97. The second-order valence-corrected chi connectivity index (χ2v) is 8.66. The maximum absolute atomic E-state index is 13.0. The zero-order chi connectivity index (χ0) is 24.2. The first kappa shape index (κ1) is 24.4. The molecule has 2 amide bonds. The van der Waals surface area contributed by atoms with Gasteiger partial charge in [-0.3, -0.25) is 14.9 Å². The number of rotatable bonds is 7. The van der Waals surface area contributed by atoms with Gasteiger partial charge in [-0.1, -0.05) is 61.4 Å². The summed E-state index contributed by atoms with van der Waals surface area (Å²) in [5.74, 6) is -1.56. The van der Waals surface area contributed by atoms with Gasteiger partial charge in [0.15, 0.2) is 0 Å². The highest BCUT2D eigenvalue weighted by molar-refractivity contribution is 7.18. The lowest BCUT2D eigenvalue weighted by Crippen LogP contribution is -2.47. The first-order valence-electron chi connectivity index (χ1n) is 10.3. The van der Waals surface area contributed by atoms with E-state index in [0.29, 0.717) is 11.4 Å². The molecule has 0 spiro atoms. The van der Waals surface area contributed by atoms with Crippen LogP contribution in [0.15, 0.2) is 48.5 Å². The van der Waals surface area contributed by atoms with E-state index in [-0.39, 0.29) is 16.6 Å². The van der Waals surface area contributed by atoms with Gasteiger partial charge in [-0.2, -0.15) is 13.2 Å². The fourth-order valence-electron chi connectivity index (χ4n) is 3.11. The molecule has 0 aliphatic carbocycles. The van der Waals surface area contributed by atoms with Gasteiger partial charge in [-0.15, -0.1) is 10.2 Å². The second kappa shape index (κ2) is 10.1. The van der Waals surface area contributed by atoms with E-state index < -0.39 is 29.6 Å². The smallest absolute Gasteiger partial charge is 0.340 e. The molecular formula is C23H23F3N4O2S. The molecule has 0 saturated carbocycles. The van der Waals surface area contributed by atoms with Crippen LogP contribution in [0.3, 0.4) is 0 Å². The Labute approximate surface area is 193 Å². The standard InChI is InChI=1S/C23H23F3N4O2S/c1-4-14(3)18(27-19(31)15-8-6-10-17(12-15)23(24,25)26)20(32)28-22-30-29-21(33-22)16-9-5-7-13(2)11-16/h5-12,14,18H,4H2,1-3H3,(H,27,31)(H,28,30,32). The van der Waals surface area contributed by atoms with E-state index in [1.54, 1.807) is 6.92 Å². The van der Waals surface area contributed by atoms with Gasteiger partial charge in [0.05, 0.1) is 5.56 Å². The van der Waals surface area contributed by atoms with Crippen molar-refractivity contribution in [2.24, 2.45) is 5.92 Å². The molecule has 1 heterocycles. The summed E-state index contributed by atoms with van der Waals surface area (Å²) in [6.45, 7) is 5.58. The quantitative estimate of drug-likeness (QED) is 0.484. The van der Waals surface area contributed by atoms with Crippen LogP contribution in [-0.2, 0) is 11.0 Å². The summed E-state index contributed by atoms with van der Waals surface area (Å²) >= 11 is 1.19. The van der Waals surface area contributed by atoms with Gasteiger partial charge in [-0.25, -0.2) is 0 Å². The molecule has 6 nitrogen and oxygen atoms in total. The Hall–Kier alpha value is -3.27. The zero-order valence-corrected chi connectivity index (χ0v) is 19.1. The van der Waals surface area contributed by atoms with Crippen LogP contribution in [-0.4, -0.2) is 28.1 Å². The van der Waals surface area contributed by atoms with Crippen molar-refractivity contribution in [3.05, 3.63) is 65.2 Å². The number of halogens is 3. The molecule has 2 N–H and O–H groups in total. The van der Waals surface area contributed by atoms with Crippen molar-refractivity contribution in [3.63, 3.8) is 0 Å². The number of nitrogens with one attached hydrogen (secondary N) is 2. The van der Waals surface area contributed by atoms with Gasteiger partial charge in [0.1, 0.15) is 11.0 Å². The fourth-order valence-corrected chi connectivity index (χ4v) is 3.86.